The van der Waals surface area contributed by atoms with Gasteiger partial charge in [0, 0.05) is 17.7 Å². The van der Waals surface area contributed by atoms with Crippen molar-refractivity contribution in [3.05, 3.63) is 71.0 Å². The highest BCUT2D eigenvalue weighted by molar-refractivity contribution is 6.29. The molecule has 1 amide bonds. The van der Waals surface area contributed by atoms with Gasteiger partial charge in [-0.2, -0.15) is 0 Å². The minimum atomic E-state index is -0.838. The van der Waals surface area contributed by atoms with Crippen LogP contribution in [0.25, 0.3) is 5.57 Å². The lowest BCUT2D eigenvalue weighted by atomic mass is 10.0. The molecule has 0 saturated heterocycles. The summed E-state index contributed by atoms with van der Waals surface area (Å²) in [7, 11) is 0. The SMILES string of the molecule is CCOC1=C(c2ccc(C(=N)N)cc2)C(=O)N(c2ccc(CCC(=O)O)cc2)C1.Cl. The van der Waals surface area contributed by atoms with Crippen molar-refractivity contribution >= 4 is 41.4 Å². The van der Waals surface area contributed by atoms with Crippen molar-refractivity contribution in [3.63, 3.8) is 0 Å². The van der Waals surface area contributed by atoms with Gasteiger partial charge >= 0.3 is 5.97 Å². The number of nitrogen functional groups attached to an aromatic ring is 1. The van der Waals surface area contributed by atoms with Crippen molar-refractivity contribution in [2.75, 3.05) is 18.1 Å². The molecule has 0 aliphatic carbocycles. The Balaban J connectivity index is 0.00000320. The normalized spacial score (nSPS) is 13.2. The molecule has 158 valence electrons. The van der Waals surface area contributed by atoms with E-state index in [1.807, 2.05) is 31.2 Å². The summed E-state index contributed by atoms with van der Waals surface area (Å²) in [5, 5.41) is 16.3. The van der Waals surface area contributed by atoms with Crippen LogP contribution in [0.15, 0.2) is 54.3 Å². The van der Waals surface area contributed by atoms with Crippen LogP contribution >= 0.6 is 12.4 Å². The molecule has 2 aromatic carbocycles. The van der Waals surface area contributed by atoms with Gasteiger partial charge in [-0.25, -0.2) is 0 Å². The second-order valence-corrected chi connectivity index (χ2v) is 6.67. The topological polar surface area (TPSA) is 117 Å². The molecule has 0 bridgehead atoms. The molecule has 7 nitrogen and oxygen atoms in total. The number of nitrogens with two attached hydrogens (primary N) is 1. The summed E-state index contributed by atoms with van der Waals surface area (Å²) in [4.78, 5) is 25.5. The second kappa shape index (κ2) is 9.93. The van der Waals surface area contributed by atoms with Crippen LogP contribution in [0, 0.1) is 5.41 Å². The number of carbonyl (C=O) groups is 2. The Labute approximate surface area is 181 Å². The maximum Gasteiger partial charge on any atom is 0.303 e. The summed E-state index contributed by atoms with van der Waals surface area (Å²) < 4.78 is 5.74. The Kier molecular flexibility index (Phi) is 7.60. The van der Waals surface area contributed by atoms with Crippen molar-refractivity contribution in [1.29, 1.82) is 5.41 Å². The number of carbonyl (C=O) groups excluding carboxylic acids is 1. The van der Waals surface area contributed by atoms with Crippen LogP contribution in [0.3, 0.4) is 0 Å². The summed E-state index contributed by atoms with van der Waals surface area (Å²) in [5.41, 5.74) is 8.93. The van der Waals surface area contributed by atoms with E-state index in [9.17, 15) is 9.59 Å². The Morgan fingerprint density at radius 1 is 1.17 bits per heavy atom. The monoisotopic (exact) mass is 429 g/mol. The molecule has 1 aliphatic heterocycles. The highest BCUT2D eigenvalue weighted by Gasteiger charge is 2.33. The van der Waals surface area contributed by atoms with E-state index >= 15 is 0 Å². The summed E-state index contributed by atoms with van der Waals surface area (Å²) in [6.07, 6.45) is 0.512. The molecule has 1 aliphatic rings. The van der Waals surface area contributed by atoms with Gasteiger partial charge in [0.2, 0.25) is 0 Å². The van der Waals surface area contributed by atoms with E-state index in [0.717, 1.165) is 11.3 Å². The van der Waals surface area contributed by atoms with Crippen LogP contribution in [-0.2, 0) is 20.7 Å². The molecular weight excluding hydrogens is 406 g/mol. The minimum Gasteiger partial charge on any atom is -0.495 e. The van der Waals surface area contributed by atoms with Gasteiger partial charge in [0.1, 0.15) is 11.6 Å². The largest absolute Gasteiger partial charge is 0.495 e. The zero-order valence-corrected chi connectivity index (χ0v) is 17.4. The van der Waals surface area contributed by atoms with Gasteiger partial charge in [0.05, 0.1) is 18.7 Å². The van der Waals surface area contributed by atoms with E-state index in [1.54, 1.807) is 29.2 Å². The Morgan fingerprint density at radius 2 is 1.80 bits per heavy atom. The van der Waals surface area contributed by atoms with E-state index in [1.165, 1.54) is 0 Å². The number of amidine groups is 1. The molecule has 0 spiro atoms. The molecule has 2 aromatic rings. The first-order chi connectivity index (χ1) is 13.9. The molecule has 4 N–H and O–H groups in total. The van der Waals surface area contributed by atoms with Crippen molar-refractivity contribution in [2.24, 2.45) is 5.73 Å². The minimum absolute atomic E-state index is 0. The molecule has 0 radical (unpaired) electrons. The number of hydrogen-bond donors (Lipinski definition) is 3. The van der Waals surface area contributed by atoms with Gasteiger partial charge in [-0.3, -0.25) is 15.0 Å². The summed E-state index contributed by atoms with van der Waals surface area (Å²) in [5.74, 6) is -0.432. The number of nitrogens with one attached hydrogen (secondary N) is 1. The van der Waals surface area contributed by atoms with E-state index in [2.05, 4.69) is 0 Å². The molecule has 1 heterocycles. The third-order valence-electron chi connectivity index (χ3n) is 4.72. The molecule has 3 rings (SSSR count). The number of aliphatic carboxylic acids is 1. The smallest absolute Gasteiger partial charge is 0.303 e. The first kappa shape index (κ1) is 23.0. The number of anilines is 1. The fourth-order valence-corrected chi connectivity index (χ4v) is 3.24. The molecular formula is C22H24ClN3O4. The first-order valence-electron chi connectivity index (χ1n) is 9.34. The molecule has 0 unspecified atom stereocenters. The molecule has 0 fully saturated rings. The van der Waals surface area contributed by atoms with Gasteiger partial charge in [0.15, 0.2) is 0 Å². The van der Waals surface area contributed by atoms with Crippen molar-refractivity contribution in [2.45, 2.75) is 19.8 Å². The standard InChI is InChI=1S/C22H23N3O4.ClH/c1-2-29-18-13-25(17-10-3-14(4-11-17)5-12-19(26)27)22(28)20(18)15-6-8-16(9-7-15)21(23)24;/h3-4,6-11H,2,5,12-13H2,1H3,(H3,23,24)(H,26,27);1H. The van der Waals surface area contributed by atoms with Crippen molar-refractivity contribution in [3.8, 4) is 0 Å². The van der Waals surface area contributed by atoms with E-state index in [4.69, 9.17) is 21.0 Å². The second-order valence-electron chi connectivity index (χ2n) is 6.67. The first-order valence-corrected chi connectivity index (χ1v) is 9.34. The summed E-state index contributed by atoms with van der Waals surface area (Å²) in [6.45, 7) is 2.64. The quantitative estimate of drug-likeness (QED) is 0.440. The summed E-state index contributed by atoms with van der Waals surface area (Å²) in [6, 6.07) is 14.3. The third-order valence-corrected chi connectivity index (χ3v) is 4.72. The number of carboxylic acid groups (broad SMARTS) is 1. The molecule has 30 heavy (non-hydrogen) atoms. The Bertz CT molecular complexity index is 969. The van der Waals surface area contributed by atoms with Crippen LogP contribution in [0.4, 0.5) is 5.69 Å². The summed E-state index contributed by atoms with van der Waals surface area (Å²) >= 11 is 0. The number of aryl methyl sites for hydroxylation is 1. The van der Waals surface area contributed by atoms with Crippen LogP contribution in [0.1, 0.15) is 30.0 Å². The van der Waals surface area contributed by atoms with E-state index in [-0.39, 0.29) is 30.6 Å². The van der Waals surface area contributed by atoms with Gasteiger partial charge in [-0.15, -0.1) is 12.4 Å². The lowest BCUT2D eigenvalue weighted by Gasteiger charge is -2.17. The molecule has 0 aromatic heterocycles. The van der Waals surface area contributed by atoms with Gasteiger partial charge in [-0.1, -0.05) is 36.4 Å². The average Bonchev–Trinajstić information content (AvgIpc) is 3.03. The lowest BCUT2D eigenvalue weighted by molar-refractivity contribution is -0.137. The van der Waals surface area contributed by atoms with E-state index < -0.39 is 5.97 Å². The van der Waals surface area contributed by atoms with Gasteiger partial charge in [0.25, 0.3) is 5.91 Å². The number of ether oxygens (including phenoxy) is 1. The predicted molar refractivity (Wildman–Crippen MR) is 118 cm³/mol. The number of carboxylic acids is 1. The third kappa shape index (κ3) is 4.99. The fraction of sp³-hybridized carbons (Fsp3) is 0.227. The number of amides is 1. The zero-order valence-electron chi connectivity index (χ0n) is 16.6. The Hall–Kier alpha value is -3.32. The van der Waals surface area contributed by atoms with E-state index in [0.29, 0.717) is 42.0 Å². The van der Waals surface area contributed by atoms with Crippen molar-refractivity contribution in [1.82, 2.24) is 0 Å². The fourth-order valence-electron chi connectivity index (χ4n) is 3.24. The van der Waals surface area contributed by atoms with Crippen LogP contribution in [0.2, 0.25) is 0 Å². The Morgan fingerprint density at radius 3 is 2.33 bits per heavy atom. The number of halogens is 1. The highest BCUT2D eigenvalue weighted by Crippen LogP contribution is 2.32. The van der Waals surface area contributed by atoms with Gasteiger partial charge < -0.3 is 20.5 Å². The van der Waals surface area contributed by atoms with Crippen LogP contribution in [0.5, 0.6) is 0 Å². The molecule has 0 atom stereocenters. The number of rotatable bonds is 8. The highest BCUT2D eigenvalue weighted by atomic mass is 35.5. The number of nitrogens with zero attached hydrogens (tertiary/aromatic N) is 1. The van der Waals surface area contributed by atoms with Crippen LogP contribution in [-0.4, -0.2) is 36.0 Å². The van der Waals surface area contributed by atoms with Crippen molar-refractivity contribution < 1.29 is 19.4 Å². The van der Waals surface area contributed by atoms with Crippen LogP contribution < -0.4 is 10.6 Å². The van der Waals surface area contributed by atoms with Gasteiger partial charge in [-0.05, 0) is 36.6 Å². The lowest BCUT2D eigenvalue weighted by Crippen LogP contribution is -2.26. The number of hydrogen-bond acceptors (Lipinski definition) is 4. The molecule has 0 saturated carbocycles. The maximum atomic E-state index is 13.2. The predicted octanol–water partition coefficient (Wildman–Crippen LogP) is 3.20. The maximum absolute atomic E-state index is 13.2. The molecule has 8 heteroatoms. The number of benzene rings is 2. The average molecular weight is 430 g/mol. The zero-order chi connectivity index (χ0) is 21.0.